The summed E-state index contributed by atoms with van der Waals surface area (Å²) in [5, 5.41) is 1.13. The van der Waals surface area contributed by atoms with E-state index in [0.717, 1.165) is 11.1 Å². The lowest BCUT2D eigenvalue weighted by Crippen LogP contribution is -2.38. The molecular formula is C17H15ClN4O2. The van der Waals surface area contributed by atoms with E-state index in [1.165, 1.54) is 0 Å². The van der Waals surface area contributed by atoms with Crippen LogP contribution in [-0.2, 0) is 4.74 Å². The lowest BCUT2D eigenvalue weighted by atomic mass is 10.0. The number of morpholine rings is 1. The summed E-state index contributed by atoms with van der Waals surface area (Å²) in [6.45, 7) is 2.65. The van der Waals surface area contributed by atoms with Gasteiger partial charge in [0.1, 0.15) is 0 Å². The van der Waals surface area contributed by atoms with Crippen LogP contribution < -0.4 is 10.5 Å². The predicted molar refractivity (Wildman–Crippen MR) is 93.6 cm³/mol. The molecule has 0 saturated carbocycles. The molecule has 6 nitrogen and oxygen atoms in total. The van der Waals surface area contributed by atoms with Gasteiger partial charge in [0, 0.05) is 24.3 Å². The van der Waals surface area contributed by atoms with E-state index in [0.29, 0.717) is 48.3 Å². The van der Waals surface area contributed by atoms with E-state index < -0.39 is 0 Å². The quantitative estimate of drug-likeness (QED) is 0.774. The molecule has 1 N–H and O–H groups in total. The van der Waals surface area contributed by atoms with Crippen LogP contribution in [0.25, 0.3) is 22.2 Å². The molecule has 122 valence electrons. The number of hydrogen-bond acceptors (Lipinski definition) is 5. The number of aromatic amines is 1. The van der Waals surface area contributed by atoms with Crippen LogP contribution in [0.15, 0.2) is 41.3 Å². The van der Waals surface area contributed by atoms with Crippen LogP contribution in [0.5, 0.6) is 0 Å². The zero-order valence-electron chi connectivity index (χ0n) is 12.8. The van der Waals surface area contributed by atoms with Gasteiger partial charge in [-0.2, -0.15) is 4.98 Å². The number of anilines is 1. The Morgan fingerprint density at radius 2 is 1.88 bits per heavy atom. The summed E-state index contributed by atoms with van der Waals surface area (Å²) in [5.41, 5.74) is 1.93. The molecule has 1 aliphatic rings. The van der Waals surface area contributed by atoms with Crippen molar-refractivity contribution < 1.29 is 4.74 Å². The highest BCUT2D eigenvalue weighted by molar-refractivity contribution is 6.30. The first-order valence-electron chi connectivity index (χ1n) is 7.70. The molecule has 3 heterocycles. The maximum atomic E-state index is 12.7. The van der Waals surface area contributed by atoms with Gasteiger partial charge in [-0.25, -0.2) is 4.98 Å². The second-order valence-electron chi connectivity index (χ2n) is 5.55. The van der Waals surface area contributed by atoms with Crippen LogP contribution >= 0.6 is 11.6 Å². The van der Waals surface area contributed by atoms with Crippen molar-refractivity contribution in [3.63, 3.8) is 0 Å². The van der Waals surface area contributed by atoms with Gasteiger partial charge in [-0.3, -0.25) is 9.78 Å². The van der Waals surface area contributed by atoms with Crippen LogP contribution in [0.2, 0.25) is 5.02 Å². The number of aromatic nitrogens is 3. The highest BCUT2D eigenvalue weighted by Crippen LogP contribution is 2.26. The van der Waals surface area contributed by atoms with Gasteiger partial charge in [-0.05, 0) is 29.3 Å². The summed E-state index contributed by atoms with van der Waals surface area (Å²) in [6, 6.07) is 9.18. The highest BCUT2D eigenvalue weighted by Gasteiger charge is 2.17. The Morgan fingerprint density at radius 3 is 2.62 bits per heavy atom. The first kappa shape index (κ1) is 15.1. The summed E-state index contributed by atoms with van der Waals surface area (Å²) in [5.74, 6) is 0.538. The molecule has 0 bridgehead atoms. The van der Waals surface area contributed by atoms with E-state index in [1.54, 1.807) is 18.3 Å². The van der Waals surface area contributed by atoms with Crippen molar-refractivity contribution in [2.24, 2.45) is 0 Å². The summed E-state index contributed by atoms with van der Waals surface area (Å²) in [4.78, 5) is 26.4. The number of benzene rings is 1. The highest BCUT2D eigenvalue weighted by atomic mass is 35.5. The van der Waals surface area contributed by atoms with Gasteiger partial charge < -0.3 is 9.64 Å². The van der Waals surface area contributed by atoms with E-state index >= 15 is 0 Å². The van der Waals surface area contributed by atoms with Crippen molar-refractivity contribution in [2.45, 2.75) is 0 Å². The third kappa shape index (κ3) is 2.74. The molecule has 4 rings (SSSR count). The Labute approximate surface area is 143 Å². The minimum absolute atomic E-state index is 0.195. The Hall–Kier alpha value is -2.44. The van der Waals surface area contributed by atoms with Gasteiger partial charge in [0.2, 0.25) is 5.95 Å². The number of hydrogen-bond donors (Lipinski definition) is 1. The van der Waals surface area contributed by atoms with Gasteiger partial charge in [0.15, 0.2) is 5.65 Å². The first-order valence-corrected chi connectivity index (χ1v) is 8.08. The molecule has 7 heteroatoms. The minimum atomic E-state index is -0.195. The molecule has 1 aliphatic heterocycles. The zero-order valence-corrected chi connectivity index (χ0v) is 13.6. The predicted octanol–water partition coefficient (Wildman–Crippen LogP) is 2.48. The van der Waals surface area contributed by atoms with Crippen molar-refractivity contribution in [2.75, 3.05) is 31.2 Å². The fraction of sp³-hybridized carbons (Fsp3) is 0.235. The van der Waals surface area contributed by atoms with Gasteiger partial charge in [0.05, 0.1) is 18.6 Å². The summed E-state index contributed by atoms with van der Waals surface area (Å²) in [7, 11) is 0. The molecule has 0 aliphatic carbocycles. The maximum Gasteiger partial charge on any atom is 0.262 e. The topological polar surface area (TPSA) is 71.1 Å². The third-order valence-electron chi connectivity index (χ3n) is 4.06. The van der Waals surface area contributed by atoms with Crippen LogP contribution in [0.3, 0.4) is 0 Å². The molecular weight excluding hydrogens is 328 g/mol. The summed E-state index contributed by atoms with van der Waals surface area (Å²) in [6.07, 6.45) is 1.67. The molecule has 0 spiro atoms. The zero-order chi connectivity index (χ0) is 16.5. The average molecular weight is 343 g/mol. The van der Waals surface area contributed by atoms with E-state index in [2.05, 4.69) is 15.0 Å². The second-order valence-corrected chi connectivity index (χ2v) is 5.99. The second kappa shape index (κ2) is 6.22. The molecule has 1 saturated heterocycles. The van der Waals surface area contributed by atoms with Crippen molar-refractivity contribution in [1.82, 2.24) is 15.0 Å². The number of fused-ring (bicyclic) bond motifs is 1. The van der Waals surface area contributed by atoms with E-state index in [-0.39, 0.29) is 5.56 Å². The molecule has 24 heavy (non-hydrogen) atoms. The number of H-pyrrole nitrogens is 1. The Morgan fingerprint density at radius 1 is 1.12 bits per heavy atom. The smallest absolute Gasteiger partial charge is 0.262 e. The van der Waals surface area contributed by atoms with Gasteiger partial charge in [-0.15, -0.1) is 0 Å². The molecule has 1 aromatic carbocycles. The van der Waals surface area contributed by atoms with Crippen molar-refractivity contribution in [1.29, 1.82) is 0 Å². The molecule has 0 atom stereocenters. The van der Waals surface area contributed by atoms with Crippen molar-refractivity contribution in [3.8, 4) is 11.1 Å². The van der Waals surface area contributed by atoms with Crippen molar-refractivity contribution >= 4 is 28.6 Å². The minimum Gasteiger partial charge on any atom is -0.378 e. The van der Waals surface area contributed by atoms with Crippen molar-refractivity contribution in [3.05, 3.63) is 51.9 Å². The average Bonchev–Trinajstić information content (AvgIpc) is 2.62. The molecule has 0 amide bonds. The standard InChI is InChI=1S/C17H15ClN4O2/c18-12-3-1-11(2-4-12)13-5-6-19-15-14(13)16(23)21-17(20-15)22-7-9-24-10-8-22/h1-6H,7-10H2,(H,19,20,21,23). The monoisotopic (exact) mass is 342 g/mol. The summed E-state index contributed by atoms with van der Waals surface area (Å²) >= 11 is 5.95. The SMILES string of the molecule is O=c1[nH]c(N2CCOCC2)nc2nccc(-c3ccc(Cl)cc3)c12. The Bertz CT molecular complexity index is 933. The first-order chi connectivity index (χ1) is 11.7. The molecule has 3 aromatic rings. The van der Waals surface area contributed by atoms with Gasteiger partial charge >= 0.3 is 0 Å². The lowest BCUT2D eigenvalue weighted by molar-refractivity contribution is 0.122. The number of nitrogens with zero attached hydrogens (tertiary/aromatic N) is 3. The van der Waals surface area contributed by atoms with E-state index in [4.69, 9.17) is 16.3 Å². The number of nitrogens with one attached hydrogen (secondary N) is 1. The van der Waals surface area contributed by atoms with Gasteiger partial charge in [-0.1, -0.05) is 23.7 Å². The van der Waals surface area contributed by atoms with Crippen LogP contribution in [0.4, 0.5) is 5.95 Å². The number of ether oxygens (including phenoxy) is 1. The molecule has 0 radical (unpaired) electrons. The fourth-order valence-electron chi connectivity index (χ4n) is 2.85. The normalized spacial score (nSPS) is 15.0. The van der Waals surface area contributed by atoms with E-state index in [9.17, 15) is 4.79 Å². The number of halogens is 1. The van der Waals surface area contributed by atoms with Crippen LogP contribution in [0, 0.1) is 0 Å². The number of pyridine rings is 1. The van der Waals surface area contributed by atoms with Crippen LogP contribution in [0.1, 0.15) is 0 Å². The molecule has 2 aromatic heterocycles. The van der Waals surface area contributed by atoms with E-state index in [1.807, 2.05) is 23.1 Å². The largest absolute Gasteiger partial charge is 0.378 e. The third-order valence-corrected chi connectivity index (χ3v) is 4.31. The Kier molecular flexibility index (Phi) is 3.92. The van der Waals surface area contributed by atoms with Gasteiger partial charge in [0.25, 0.3) is 5.56 Å². The molecule has 1 fully saturated rings. The van der Waals surface area contributed by atoms with Crippen LogP contribution in [-0.4, -0.2) is 41.3 Å². The maximum absolute atomic E-state index is 12.7. The molecule has 0 unspecified atom stereocenters. The fourth-order valence-corrected chi connectivity index (χ4v) is 2.97. The lowest BCUT2D eigenvalue weighted by Gasteiger charge is -2.27. The Balaban J connectivity index is 1.85. The number of rotatable bonds is 2. The summed E-state index contributed by atoms with van der Waals surface area (Å²) < 4.78 is 5.34.